The Morgan fingerprint density at radius 1 is 1.23 bits per heavy atom. The van der Waals surface area contributed by atoms with E-state index in [4.69, 9.17) is 4.42 Å². The van der Waals surface area contributed by atoms with E-state index in [1.165, 1.54) is 6.26 Å². The third kappa shape index (κ3) is 3.92. The highest BCUT2D eigenvalue weighted by molar-refractivity contribution is 6.05. The number of nitrogens with zero attached hydrogens (tertiary/aromatic N) is 1. The normalized spacial score (nSPS) is 17.9. The molecule has 2 heterocycles. The zero-order chi connectivity index (χ0) is 18.5. The van der Waals surface area contributed by atoms with Gasteiger partial charge >= 0.3 is 6.03 Å². The van der Waals surface area contributed by atoms with Gasteiger partial charge in [0.25, 0.3) is 5.91 Å². The summed E-state index contributed by atoms with van der Waals surface area (Å²) in [4.78, 5) is 37.6. The summed E-state index contributed by atoms with van der Waals surface area (Å²) in [6, 6.07) is 10.3. The molecular formula is C18H19N3O5. The average molecular weight is 357 g/mol. The lowest BCUT2D eigenvalue weighted by Gasteiger charge is -2.17. The van der Waals surface area contributed by atoms with E-state index in [1.807, 2.05) is 6.07 Å². The molecule has 26 heavy (non-hydrogen) atoms. The highest BCUT2D eigenvalue weighted by atomic mass is 16.3. The molecule has 0 saturated carbocycles. The molecule has 1 aliphatic rings. The van der Waals surface area contributed by atoms with Crippen molar-refractivity contribution in [2.45, 2.75) is 25.0 Å². The van der Waals surface area contributed by atoms with Crippen LogP contribution < -0.4 is 10.6 Å². The summed E-state index contributed by atoms with van der Waals surface area (Å²) in [6.07, 6.45) is 1.25. The molecule has 2 atom stereocenters. The van der Waals surface area contributed by atoms with Gasteiger partial charge in [-0.15, -0.1) is 0 Å². The van der Waals surface area contributed by atoms with Crippen LogP contribution in [0.1, 0.15) is 23.8 Å². The van der Waals surface area contributed by atoms with Gasteiger partial charge in [-0.1, -0.05) is 30.3 Å². The Hall–Kier alpha value is -3.13. The van der Waals surface area contributed by atoms with E-state index in [0.717, 1.165) is 10.5 Å². The molecule has 136 valence electrons. The number of hydrogen-bond acceptors (Lipinski definition) is 5. The standard InChI is InChI=1S/C18H19N3O5/c22-11-15(12-5-2-1-3-6-12)19-16(23)9-14-17(24)21(18(25)20-14)10-13-7-4-8-26-13/h1-8,14-15,22H,9-11H2,(H,19,23)(H,20,25). The Kier molecular flexibility index (Phi) is 5.33. The highest BCUT2D eigenvalue weighted by Crippen LogP contribution is 2.16. The first-order valence-electron chi connectivity index (χ1n) is 8.18. The second kappa shape index (κ2) is 7.83. The van der Waals surface area contributed by atoms with Crippen molar-refractivity contribution in [3.63, 3.8) is 0 Å². The van der Waals surface area contributed by atoms with Crippen LogP contribution in [-0.2, 0) is 16.1 Å². The third-order valence-electron chi connectivity index (χ3n) is 4.11. The van der Waals surface area contributed by atoms with E-state index in [0.29, 0.717) is 5.76 Å². The van der Waals surface area contributed by atoms with Gasteiger partial charge in [-0.25, -0.2) is 4.79 Å². The van der Waals surface area contributed by atoms with Crippen LogP contribution in [0.2, 0.25) is 0 Å². The first-order valence-corrected chi connectivity index (χ1v) is 8.18. The van der Waals surface area contributed by atoms with E-state index < -0.39 is 29.9 Å². The van der Waals surface area contributed by atoms with Gasteiger partial charge in [-0.3, -0.25) is 14.5 Å². The van der Waals surface area contributed by atoms with E-state index in [-0.39, 0.29) is 19.6 Å². The number of nitrogens with one attached hydrogen (secondary N) is 2. The van der Waals surface area contributed by atoms with Crippen LogP contribution in [0.15, 0.2) is 53.1 Å². The maximum atomic E-state index is 12.4. The monoisotopic (exact) mass is 357 g/mol. The SMILES string of the molecule is O=C(CC1NC(=O)N(Cc2ccco2)C1=O)NC(CO)c1ccccc1. The number of imide groups is 1. The Labute approximate surface area is 149 Å². The summed E-state index contributed by atoms with van der Waals surface area (Å²) in [6.45, 7) is -0.260. The molecule has 8 heteroatoms. The first kappa shape index (κ1) is 17.7. The van der Waals surface area contributed by atoms with Gasteiger partial charge < -0.3 is 20.2 Å². The minimum atomic E-state index is -0.937. The Balaban J connectivity index is 1.59. The Bertz CT molecular complexity index is 775. The van der Waals surface area contributed by atoms with Crippen molar-refractivity contribution in [2.75, 3.05) is 6.61 Å². The molecular weight excluding hydrogens is 338 g/mol. The number of aliphatic hydroxyl groups excluding tert-OH is 1. The maximum Gasteiger partial charge on any atom is 0.325 e. The van der Waals surface area contributed by atoms with Crippen molar-refractivity contribution in [1.29, 1.82) is 0 Å². The molecule has 0 spiro atoms. The van der Waals surface area contributed by atoms with Crippen LogP contribution in [0.5, 0.6) is 0 Å². The summed E-state index contributed by atoms with van der Waals surface area (Å²) < 4.78 is 5.14. The van der Waals surface area contributed by atoms with Gasteiger partial charge in [-0.2, -0.15) is 0 Å². The van der Waals surface area contributed by atoms with E-state index in [2.05, 4.69) is 10.6 Å². The van der Waals surface area contributed by atoms with Gasteiger partial charge in [0.15, 0.2) is 0 Å². The maximum absolute atomic E-state index is 12.4. The molecule has 3 rings (SSSR count). The van der Waals surface area contributed by atoms with E-state index >= 15 is 0 Å². The van der Waals surface area contributed by atoms with Crippen LogP contribution in [0.3, 0.4) is 0 Å². The second-order valence-corrected chi connectivity index (χ2v) is 5.92. The molecule has 1 fully saturated rings. The van der Waals surface area contributed by atoms with Crippen molar-refractivity contribution in [1.82, 2.24) is 15.5 Å². The summed E-state index contributed by atoms with van der Waals surface area (Å²) in [5.41, 5.74) is 0.754. The molecule has 1 aromatic carbocycles. The fraction of sp³-hybridized carbons (Fsp3) is 0.278. The lowest BCUT2D eigenvalue weighted by Crippen LogP contribution is -2.38. The molecule has 1 aromatic heterocycles. The number of amides is 4. The molecule has 1 saturated heterocycles. The van der Waals surface area contributed by atoms with Crippen molar-refractivity contribution in [3.05, 3.63) is 60.1 Å². The van der Waals surface area contributed by atoms with Crippen molar-refractivity contribution >= 4 is 17.8 Å². The number of carbonyl (C=O) groups excluding carboxylic acids is 3. The van der Waals surface area contributed by atoms with Crippen LogP contribution in [0.25, 0.3) is 0 Å². The number of carbonyl (C=O) groups is 3. The van der Waals surface area contributed by atoms with Crippen molar-refractivity contribution in [3.8, 4) is 0 Å². The highest BCUT2D eigenvalue weighted by Gasteiger charge is 2.39. The molecule has 2 aromatic rings. The zero-order valence-electron chi connectivity index (χ0n) is 13.9. The van der Waals surface area contributed by atoms with E-state index in [9.17, 15) is 19.5 Å². The van der Waals surface area contributed by atoms with Gasteiger partial charge in [0.2, 0.25) is 5.91 Å². The number of hydrogen-bond donors (Lipinski definition) is 3. The predicted molar refractivity (Wildman–Crippen MR) is 90.6 cm³/mol. The van der Waals surface area contributed by atoms with Gasteiger partial charge in [0.05, 0.1) is 31.9 Å². The van der Waals surface area contributed by atoms with Crippen LogP contribution in [0.4, 0.5) is 4.79 Å². The lowest BCUT2D eigenvalue weighted by molar-refractivity contribution is -0.131. The second-order valence-electron chi connectivity index (χ2n) is 5.92. The fourth-order valence-corrected chi connectivity index (χ4v) is 2.78. The zero-order valence-corrected chi connectivity index (χ0v) is 13.9. The quantitative estimate of drug-likeness (QED) is 0.639. The smallest absolute Gasteiger partial charge is 0.325 e. The predicted octanol–water partition coefficient (Wildman–Crippen LogP) is 0.940. The largest absolute Gasteiger partial charge is 0.467 e. The third-order valence-corrected chi connectivity index (χ3v) is 4.11. The molecule has 0 aliphatic carbocycles. The fourth-order valence-electron chi connectivity index (χ4n) is 2.78. The topological polar surface area (TPSA) is 112 Å². The van der Waals surface area contributed by atoms with Gasteiger partial charge in [-0.05, 0) is 17.7 Å². The Morgan fingerprint density at radius 2 is 2.00 bits per heavy atom. The number of urea groups is 1. The van der Waals surface area contributed by atoms with Crippen LogP contribution in [0, 0.1) is 0 Å². The molecule has 8 nitrogen and oxygen atoms in total. The summed E-state index contributed by atoms with van der Waals surface area (Å²) >= 11 is 0. The summed E-state index contributed by atoms with van der Waals surface area (Å²) in [5, 5.41) is 14.7. The summed E-state index contributed by atoms with van der Waals surface area (Å²) in [5.74, 6) is -0.448. The molecule has 4 amide bonds. The van der Waals surface area contributed by atoms with Crippen LogP contribution >= 0.6 is 0 Å². The molecule has 0 bridgehead atoms. The molecule has 1 aliphatic heterocycles. The number of aliphatic hydroxyl groups is 1. The number of furan rings is 1. The van der Waals surface area contributed by atoms with Crippen LogP contribution in [-0.4, -0.2) is 40.5 Å². The first-order chi connectivity index (χ1) is 12.6. The molecule has 0 radical (unpaired) electrons. The van der Waals surface area contributed by atoms with Gasteiger partial charge in [0, 0.05) is 0 Å². The molecule has 3 N–H and O–H groups in total. The van der Waals surface area contributed by atoms with Crippen molar-refractivity contribution < 1.29 is 23.9 Å². The van der Waals surface area contributed by atoms with Crippen molar-refractivity contribution in [2.24, 2.45) is 0 Å². The van der Waals surface area contributed by atoms with E-state index in [1.54, 1.807) is 36.4 Å². The minimum absolute atomic E-state index is 0.0130. The average Bonchev–Trinajstić information content (AvgIpc) is 3.25. The summed E-state index contributed by atoms with van der Waals surface area (Å²) in [7, 11) is 0. The Morgan fingerprint density at radius 3 is 2.65 bits per heavy atom. The number of rotatable bonds is 7. The number of benzene rings is 1. The molecule has 2 unspecified atom stereocenters. The minimum Gasteiger partial charge on any atom is -0.467 e. The van der Waals surface area contributed by atoms with Gasteiger partial charge in [0.1, 0.15) is 11.8 Å². The lowest BCUT2D eigenvalue weighted by atomic mass is 10.1.